The van der Waals surface area contributed by atoms with Crippen molar-refractivity contribution < 1.29 is 9.18 Å². The van der Waals surface area contributed by atoms with Gasteiger partial charge in [-0.05, 0) is 61.7 Å². The number of likely N-dealkylation sites (tertiary alicyclic amines) is 1. The first-order valence-corrected chi connectivity index (χ1v) is 11.1. The summed E-state index contributed by atoms with van der Waals surface area (Å²) in [5, 5.41) is 6.84. The third kappa shape index (κ3) is 3.56. The number of nitrogens with one attached hydrogen (secondary N) is 1. The van der Waals surface area contributed by atoms with Crippen LogP contribution < -0.4 is 4.90 Å². The molecule has 166 valence electrons. The van der Waals surface area contributed by atoms with Crippen LogP contribution in [0.2, 0.25) is 0 Å². The first-order valence-electron chi connectivity index (χ1n) is 11.1. The summed E-state index contributed by atoms with van der Waals surface area (Å²) in [5.74, 6) is -0.224. The summed E-state index contributed by atoms with van der Waals surface area (Å²) >= 11 is 0. The number of halogens is 1. The van der Waals surface area contributed by atoms with E-state index in [9.17, 15) is 9.18 Å². The summed E-state index contributed by atoms with van der Waals surface area (Å²) in [6.45, 7) is 4.76. The molecule has 0 bridgehead atoms. The zero-order valence-electron chi connectivity index (χ0n) is 18.5. The molecule has 2 aliphatic rings. The van der Waals surface area contributed by atoms with E-state index in [4.69, 9.17) is 0 Å². The number of carbonyl (C=O) groups is 1. The molecule has 6 nitrogen and oxygen atoms in total. The summed E-state index contributed by atoms with van der Waals surface area (Å²) < 4.78 is 14.2. The van der Waals surface area contributed by atoms with E-state index in [2.05, 4.69) is 22.1 Å². The number of H-pyrrole nitrogens is 1. The number of benzene rings is 2. The van der Waals surface area contributed by atoms with Crippen LogP contribution in [-0.4, -0.2) is 58.2 Å². The van der Waals surface area contributed by atoms with Crippen molar-refractivity contribution in [3.63, 3.8) is 0 Å². The molecule has 32 heavy (non-hydrogen) atoms. The van der Waals surface area contributed by atoms with Gasteiger partial charge in [0.2, 0.25) is 0 Å². The highest BCUT2D eigenvalue weighted by atomic mass is 19.1. The Morgan fingerprint density at radius 3 is 2.53 bits per heavy atom. The van der Waals surface area contributed by atoms with E-state index in [1.807, 2.05) is 46.3 Å². The van der Waals surface area contributed by atoms with Gasteiger partial charge in [0.1, 0.15) is 5.82 Å². The SMILES string of the molecule is Cc1c(F)cccc1CN1C(=O)N(c2ccc(-c3cn[nH]c3)cc2)CC12CCN(C)CC2. The molecular weight excluding hydrogens is 405 g/mol. The molecule has 0 saturated carbocycles. The Balaban J connectivity index is 1.46. The molecule has 2 fully saturated rings. The zero-order valence-corrected chi connectivity index (χ0v) is 18.5. The van der Waals surface area contributed by atoms with E-state index in [0.29, 0.717) is 18.7 Å². The first-order chi connectivity index (χ1) is 15.5. The van der Waals surface area contributed by atoms with Crippen LogP contribution in [0.1, 0.15) is 24.0 Å². The Morgan fingerprint density at radius 1 is 1.09 bits per heavy atom. The number of aromatic nitrogens is 2. The second kappa shape index (κ2) is 8.06. The molecule has 2 aromatic carbocycles. The number of nitrogens with zero attached hydrogens (tertiary/aromatic N) is 4. The molecule has 1 aromatic heterocycles. The third-order valence-electron chi connectivity index (χ3n) is 7.12. The number of carbonyl (C=O) groups excluding carboxylic acids is 1. The summed E-state index contributed by atoms with van der Waals surface area (Å²) in [7, 11) is 2.12. The van der Waals surface area contributed by atoms with Crippen LogP contribution in [0, 0.1) is 12.7 Å². The van der Waals surface area contributed by atoms with Gasteiger partial charge < -0.3 is 9.80 Å². The topological polar surface area (TPSA) is 55.5 Å². The molecule has 0 atom stereocenters. The number of aromatic amines is 1. The third-order valence-corrected chi connectivity index (χ3v) is 7.12. The second-order valence-electron chi connectivity index (χ2n) is 9.04. The highest BCUT2D eigenvalue weighted by Gasteiger charge is 2.50. The van der Waals surface area contributed by atoms with Gasteiger partial charge in [-0.3, -0.25) is 10.00 Å². The molecule has 0 radical (unpaired) electrons. The van der Waals surface area contributed by atoms with Gasteiger partial charge in [0.25, 0.3) is 0 Å². The van der Waals surface area contributed by atoms with Crippen molar-refractivity contribution in [2.45, 2.75) is 31.8 Å². The maximum absolute atomic E-state index is 14.2. The largest absolute Gasteiger partial charge is 0.325 e. The maximum atomic E-state index is 14.2. The van der Waals surface area contributed by atoms with Crippen molar-refractivity contribution in [2.75, 3.05) is 31.6 Å². The number of urea groups is 1. The van der Waals surface area contributed by atoms with Crippen molar-refractivity contribution in [1.82, 2.24) is 20.0 Å². The van der Waals surface area contributed by atoms with Crippen LogP contribution in [0.15, 0.2) is 54.9 Å². The first kappa shape index (κ1) is 20.7. The van der Waals surface area contributed by atoms with Gasteiger partial charge in [0, 0.05) is 37.1 Å². The maximum Gasteiger partial charge on any atom is 0.325 e. The van der Waals surface area contributed by atoms with Crippen LogP contribution in [0.4, 0.5) is 14.9 Å². The van der Waals surface area contributed by atoms with Crippen molar-refractivity contribution >= 4 is 11.7 Å². The van der Waals surface area contributed by atoms with Gasteiger partial charge in [-0.15, -0.1) is 0 Å². The van der Waals surface area contributed by atoms with Gasteiger partial charge in [-0.25, -0.2) is 9.18 Å². The molecule has 2 saturated heterocycles. The lowest BCUT2D eigenvalue weighted by Gasteiger charge is -2.43. The van der Waals surface area contributed by atoms with Crippen LogP contribution >= 0.6 is 0 Å². The quantitative estimate of drug-likeness (QED) is 0.662. The summed E-state index contributed by atoms with van der Waals surface area (Å²) in [5.41, 5.74) is 4.19. The molecule has 1 spiro atoms. The molecule has 7 heteroatoms. The van der Waals surface area contributed by atoms with Gasteiger partial charge in [-0.2, -0.15) is 5.10 Å². The average Bonchev–Trinajstić information content (AvgIpc) is 3.43. The lowest BCUT2D eigenvalue weighted by Crippen LogP contribution is -2.53. The second-order valence-corrected chi connectivity index (χ2v) is 9.04. The van der Waals surface area contributed by atoms with Crippen molar-refractivity contribution in [3.05, 3.63) is 71.8 Å². The lowest BCUT2D eigenvalue weighted by molar-refractivity contribution is 0.0823. The number of hydrogen-bond acceptors (Lipinski definition) is 3. The number of rotatable bonds is 4. The Bertz CT molecular complexity index is 1100. The highest BCUT2D eigenvalue weighted by Crippen LogP contribution is 2.39. The molecule has 3 heterocycles. The van der Waals surface area contributed by atoms with Gasteiger partial charge >= 0.3 is 6.03 Å². The number of amides is 2. The lowest BCUT2D eigenvalue weighted by atomic mass is 9.86. The summed E-state index contributed by atoms with van der Waals surface area (Å²) in [6, 6.07) is 13.2. The minimum Gasteiger partial charge on any atom is -0.312 e. The predicted molar refractivity (Wildman–Crippen MR) is 123 cm³/mol. The van der Waals surface area contributed by atoms with E-state index in [1.54, 1.807) is 19.2 Å². The van der Waals surface area contributed by atoms with Crippen LogP contribution in [0.3, 0.4) is 0 Å². The minimum atomic E-state index is -0.244. The van der Waals surface area contributed by atoms with E-state index < -0.39 is 0 Å². The van der Waals surface area contributed by atoms with Gasteiger partial charge in [0.05, 0.1) is 18.3 Å². The zero-order chi connectivity index (χ0) is 22.3. The van der Waals surface area contributed by atoms with E-state index in [1.165, 1.54) is 6.07 Å². The fourth-order valence-electron chi connectivity index (χ4n) is 4.93. The Hall–Kier alpha value is -3.19. The van der Waals surface area contributed by atoms with Crippen molar-refractivity contribution in [2.24, 2.45) is 0 Å². The monoisotopic (exact) mass is 433 g/mol. The highest BCUT2D eigenvalue weighted by molar-refractivity contribution is 5.95. The molecule has 0 unspecified atom stereocenters. The number of piperidine rings is 1. The smallest absolute Gasteiger partial charge is 0.312 e. The number of hydrogen-bond donors (Lipinski definition) is 1. The van der Waals surface area contributed by atoms with Gasteiger partial charge in [-0.1, -0.05) is 24.3 Å². The molecular formula is C25H28FN5O. The van der Waals surface area contributed by atoms with Gasteiger partial charge in [0.15, 0.2) is 0 Å². The average molecular weight is 434 g/mol. The van der Waals surface area contributed by atoms with Crippen LogP contribution in [0.25, 0.3) is 11.1 Å². The molecule has 2 aliphatic heterocycles. The molecule has 1 N–H and O–H groups in total. The fraction of sp³-hybridized carbons (Fsp3) is 0.360. The Morgan fingerprint density at radius 2 is 1.84 bits per heavy atom. The van der Waals surface area contributed by atoms with Crippen molar-refractivity contribution in [1.29, 1.82) is 0 Å². The van der Waals surface area contributed by atoms with E-state index >= 15 is 0 Å². The van der Waals surface area contributed by atoms with Crippen molar-refractivity contribution in [3.8, 4) is 11.1 Å². The molecule has 0 aliphatic carbocycles. The van der Waals surface area contributed by atoms with Crippen LogP contribution in [0.5, 0.6) is 0 Å². The van der Waals surface area contributed by atoms with E-state index in [-0.39, 0.29) is 17.4 Å². The summed E-state index contributed by atoms with van der Waals surface area (Å²) in [4.78, 5) is 19.9. The number of anilines is 1. The predicted octanol–water partition coefficient (Wildman–Crippen LogP) is 4.43. The molecule has 2 amide bonds. The fourth-order valence-corrected chi connectivity index (χ4v) is 4.93. The summed E-state index contributed by atoms with van der Waals surface area (Å²) in [6.07, 6.45) is 5.46. The minimum absolute atomic E-state index is 0.00530. The normalized spacial score (nSPS) is 18.7. The molecule has 5 rings (SSSR count). The Kier molecular flexibility index (Phi) is 5.21. The van der Waals surface area contributed by atoms with Crippen LogP contribution in [-0.2, 0) is 6.54 Å². The molecule has 3 aromatic rings. The standard InChI is InChI=1S/C25H28FN5O/c1-18-20(4-3-5-23(18)26)16-31-24(32)30(17-25(31)10-12-29(2)13-11-25)22-8-6-19(7-9-22)21-14-27-28-15-21/h3-9,14-15H,10-13,16-17H2,1-2H3,(H,27,28). The van der Waals surface area contributed by atoms with E-state index in [0.717, 1.165) is 48.3 Å². The Labute approximate surface area is 187 Å².